The van der Waals surface area contributed by atoms with Gasteiger partial charge in [0.15, 0.2) is 18.1 Å². The number of aryl methyl sites for hydroxylation is 2. The summed E-state index contributed by atoms with van der Waals surface area (Å²) in [5.41, 5.74) is 7.64. The number of ether oxygens (including phenoxy) is 2. The highest BCUT2D eigenvalue weighted by atomic mass is 32.1. The summed E-state index contributed by atoms with van der Waals surface area (Å²) in [4.78, 5) is 23.5. The van der Waals surface area contributed by atoms with Gasteiger partial charge >= 0.3 is 0 Å². The molecule has 2 aliphatic carbocycles. The second kappa shape index (κ2) is 8.34. The summed E-state index contributed by atoms with van der Waals surface area (Å²) >= 11 is 1.85. The third-order valence-electron chi connectivity index (χ3n) is 5.83. The molecule has 0 spiro atoms. The summed E-state index contributed by atoms with van der Waals surface area (Å²) in [5.74, 6) is 2.97. The number of anilines is 1. The molecule has 2 aliphatic rings. The number of hydrogen-bond donors (Lipinski definition) is 2. The highest BCUT2D eigenvalue weighted by Crippen LogP contribution is 2.43. The monoisotopic (exact) mass is 438 g/mol. The van der Waals surface area contributed by atoms with E-state index in [1.54, 1.807) is 13.2 Å². The van der Waals surface area contributed by atoms with Gasteiger partial charge in [0.25, 0.3) is 5.91 Å². The number of rotatable bonds is 8. The molecule has 0 saturated heterocycles. The SMILES string of the molecule is COc1cc(CNc2nc(C3CC3)nc3sc4c(c23)CCCC4)ccc1OCC(N)=O. The summed E-state index contributed by atoms with van der Waals surface area (Å²) in [7, 11) is 1.58. The van der Waals surface area contributed by atoms with Crippen LogP contribution >= 0.6 is 11.3 Å². The first-order chi connectivity index (χ1) is 15.1. The van der Waals surface area contributed by atoms with E-state index in [1.165, 1.54) is 41.5 Å². The molecule has 2 aromatic heterocycles. The van der Waals surface area contributed by atoms with Gasteiger partial charge in [-0.1, -0.05) is 6.07 Å². The molecule has 1 saturated carbocycles. The molecular weight excluding hydrogens is 412 g/mol. The Morgan fingerprint density at radius 2 is 2.06 bits per heavy atom. The first kappa shape index (κ1) is 20.1. The molecule has 31 heavy (non-hydrogen) atoms. The first-order valence-corrected chi connectivity index (χ1v) is 11.6. The van der Waals surface area contributed by atoms with E-state index in [2.05, 4.69) is 5.32 Å². The van der Waals surface area contributed by atoms with Crippen molar-refractivity contribution in [1.82, 2.24) is 9.97 Å². The van der Waals surface area contributed by atoms with E-state index >= 15 is 0 Å². The fourth-order valence-corrected chi connectivity index (χ4v) is 5.37. The Bertz CT molecular complexity index is 1140. The van der Waals surface area contributed by atoms with Crippen LogP contribution in [0.2, 0.25) is 0 Å². The average molecular weight is 439 g/mol. The van der Waals surface area contributed by atoms with Gasteiger partial charge in [0.2, 0.25) is 0 Å². The van der Waals surface area contributed by atoms with Gasteiger partial charge in [-0.25, -0.2) is 9.97 Å². The number of methoxy groups -OCH3 is 1. The van der Waals surface area contributed by atoms with Crippen molar-refractivity contribution in [3.05, 3.63) is 40.0 Å². The molecule has 1 aromatic carbocycles. The summed E-state index contributed by atoms with van der Waals surface area (Å²) in [6.45, 7) is 0.424. The number of thiophene rings is 1. The molecule has 2 heterocycles. The lowest BCUT2D eigenvalue weighted by Gasteiger charge is -2.14. The third kappa shape index (κ3) is 4.17. The molecule has 0 radical (unpaired) electrons. The topological polar surface area (TPSA) is 99.4 Å². The zero-order chi connectivity index (χ0) is 21.4. The Hall–Kier alpha value is -2.87. The van der Waals surface area contributed by atoms with Crippen molar-refractivity contribution in [2.45, 2.75) is 51.0 Å². The Kier molecular flexibility index (Phi) is 5.40. The van der Waals surface area contributed by atoms with Crippen LogP contribution in [0, 0.1) is 0 Å². The van der Waals surface area contributed by atoms with Crippen LogP contribution in [0.1, 0.15) is 53.4 Å². The van der Waals surface area contributed by atoms with Crippen molar-refractivity contribution in [3.63, 3.8) is 0 Å². The second-order valence-electron chi connectivity index (χ2n) is 8.19. The third-order valence-corrected chi connectivity index (χ3v) is 7.02. The molecule has 0 aliphatic heterocycles. The smallest absolute Gasteiger partial charge is 0.255 e. The Morgan fingerprint density at radius 1 is 1.23 bits per heavy atom. The molecule has 3 N–H and O–H groups in total. The average Bonchev–Trinajstić information content (AvgIpc) is 3.56. The molecule has 0 unspecified atom stereocenters. The first-order valence-electron chi connectivity index (χ1n) is 10.8. The number of primary amides is 1. The fourth-order valence-electron chi connectivity index (χ4n) is 4.10. The van der Waals surface area contributed by atoms with Gasteiger partial charge in [-0.15, -0.1) is 11.3 Å². The molecule has 1 amide bonds. The number of hydrogen-bond acceptors (Lipinski definition) is 7. The molecular formula is C23H26N4O3S. The quantitative estimate of drug-likeness (QED) is 0.553. The van der Waals surface area contributed by atoms with Gasteiger partial charge in [0, 0.05) is 17.3 Å². The van der Waals surface area contributed by atoms with E-state index in [-0.39, 0.29) is 6.61 Å². The molecule has 162 valence electrons. The normalized spacial score (nSPS) is 15.5. The minimum atomic E-state index is -0.522. The number of nitrogens with two attached hydrogens (primary N) is 1. The van der Waals surface area contributed by atoms with Gasteiger partial charge in [-0.3, -0.25) is 4.79 Å². The molecule has 7 nitrogen and oxygen atoms in total. The number of fused-ring (bicyclic) bond motifs is 3. The van der Waals surface area contributed by atoms with Crippen molar-refractivity contribution in [1.29, 1.82) is 0 Å². The molecule has 8 heteroatoms. The van der Waals surface area contributed by atoms with Crippen LogP contribution in [0.5, 0.6) is 11.5 Å². The highest BCUT2D eigenvalue weighted by molar-refractivity contribution is 7.19. The zero-order valence-electron chi connectivity index (χ0n) is 17.6. The van der Waals surface area contributed by atoms with Crippen LogP contribution < -0.4 is 20.5 Å². The van der Waals surface area contributed by atoms with Crippen LogP contribution in [0.4, 0.5) is 5.82 Å². The number of amides is 1. The maximum absolute atomic E-state index is 11.0. The number of aromatic nitrogens is 2. The Morgan fingerprint density at radius 3 is 2.84 bits per heavy atom. The summed E-state index contributed by atoms with van der Waals surface area (Å²) in [6, 6.07) is 5.66. The van der Waals surface area contributed by atoms with Gasteiger partial charge in [0.1, 0.15) is 16.5 Å². The zero-order valence-corrected chi connectivity index (χ0v) is 18.4. The lowest BCUT2D eigenvalue weighted by atomic mass is 9.97. The predicted molar refractivity (Wildman–Crippen MR) is 121 cm³/mol. The van der Waals surface area contributed by atoms with Crippen molar-refractivity contribution in [3.8, 4) is 11.5 Å². The van der Waals surface area contributed by atoms with E-state index in [0.29, 0.717) is 24.0 Å². The molecule has 0 atom stereocenters. The number of benzene rings is 1. The molecule has 0 bridgehead atoms. The minimum Gasteiger partial charge on any atom is -0.493 e. The van der Waals surface area contributed by atoms with Gasteiger partial charge < -0.3 is 20.5 Å². The van der Waals surface area contributed by atoms with Crippen molar-refractivity contribution in [2.75, 3.05) is 19.0 Å². The summed E-state index contributed by atoms with van der Waals surface area (Å²) < 4.78 is 10.9. The van der Waals surface area contributed by atoms with Crippen LogP contribution in [0.3, 0.4) is 0 Å². The largest absolute Gasteiger partial charge is 0.493 e. The van der Waals surface area contributed by atoms with Gasteiger partial charge in [0.05, 0.1) is 12.5 Å². The number of carbonyl (C=O) groups is 1. The van der Waals surface area contributed by atoms with E-state index in [0.717, 1.165) is 34.9 Å². The van der Waals surface area contributed by atoms with Gasteiger partial charge in [-0.05, 0) is 61.8 Å². The lowest BCUT2D eigenvalue weighted by molar-refractivity contribution is -0.119. The van der Waals surface area contributed by atoms with Gasteiger partial charge in [-0.2, -0.15) is 0 Å². The highest BCUT2D eigenvalue weighted by Gasteiger charge is 2.29. The summed E-state index contributed by atoms with van der Waals surface area (Å²) in [6.07, 6.45) is 7.11. The van der Waals surface area contributed by atoms with E-state index < -0.39 is 5.91 Å². The van der Waals surface area contributed by atoms with E-state index in [1.807, 2.05) is 23.5 Å². The Balaban J connectivity index is 1.42. The number of nitrogens with zero attached hydrogens (tertiary/aromatic N) is 2. The van der Waals surface area contributed by atoms with E-state index in [4.69, 9.17) is 25.2 Å². The predicted octanol–water partition coefficient (Wildman–Crippen LogP) is 3.93. The second-order valence-corrected chi connectivity index (χ2v) is 9.27. The molecule has 1 fully saturated rings. The van der Waals surface area contributed by atoms with E-state index in [9.17, 15) is 4.79 Å². The Labute approximate surface area is 185 Å². The standard InChI is InChI=1S/C23H26N4O3S/c1-29-17-10-13(6-9-16(17)30-12-19(24)28)11-25-22-20-15-4-2-3-5-18(15)31-23(20)27-21(26-22)14-7-8-14/h6,9-10,14H,2-5,7-8,11-12H2,1H3,(H2,24,28)(H,25,26,27). The fraction of sp³-hybridized carbons (Fsp3) is 0.435. The molecule has 3 aromatic rings. The van der Waals surface area contributed by atoms with Crippen LogP contribution in [0.25, 0.3) is 10.2 Å². The van der Waals surface area contributed by atoms with Crippen LogP contribution in [-0.2, 0) is 24.2 Å². The van der Waals surface area contributed by atoms with Crippen molar-refractivity contribution < 1.29 is 14.3 Å². The van der Waals surface area contributed by atoms with Crippen molar-refractivity contribution >= 4 is 33.3 Å². The minimum absolute atomic E-state index is 0.180. The van der Waals surface area contributed by atoms with Crippen LogP contribution in [-0.4, -0.2) is 29.6 Å². The maximum atomic E-state index is 11.0. The maximum Gasteiger partial charge on any atom is 0.255 e. The van der Waals surface area contributed by atoms with Crippen molar-refractivity contribution in [2.24, 2.45) is 5.73 Å². The summed E-state index contributed by atoms with van der Waals surface area (Å²) in [5, 5.41) is 4.78. The lowest BCUT2D eigenvalue weighted by Crippen LogP contribution is -2.20. The van der Waals surface area contributed by atoms with Crippen LogP contribution in [0.15, 0.2) is 18.2 Å². The molecule has 5 rings (SSSR count). The number of nitrogens with one attached hydrogen (secondary N) is 1. The number of carbonyl (C=O) groups excluding carboxylic acids is 1.